The zero-order valence-corrected chi connectivity index (χ0v) is 14.9. The van der Waals surface area contributed by atoms with Crippen molar-refractivity contribution in [3.05, 3.63) is 22.3 Å². The number of aliphatic hydroxyl groups is 1. The third-order valence-electron chi connectivity index (χ3n) is 3.39. The van der Waals surface area contributed by atoms with E-state index in [0.29, 0.717) is 30.1 Å². The van der Waals surface area contributed by atoms with Crippen molar-refractivity contribution in [2.75, 3.05) is 26.1 Å². The molecule has 0 bridgehead atoms. The van der Waals surface area contributed by atoms with Gasteiger partial charge >= 0.3 is 5.97 Å². The molecule has 0 saturated carbocycles. The molecular formula is C14H17IO5S. The number of halogens is 1. The van der Waals surface area contributed by atoms with Crippen molar-refractivity contribution in [2.24, 2.45) is 0 Å². The van der Waals surface area contributed by atoms with Gasteiger partial charge in [-0.25, -0.2) is 4.79 Å². The average molecular weight is 424 g/mol. The monoisotopic (exact) mass is 424 g/mol. The molecule has 1 aliphatic heterocycles. The number of hydrogen-bond donors (Lipinski definition) is 1. The Morgan fingerprint density at radius 2 is 2.19 bits per heavy atom. The molecule has 1 N–H and O–H groups in total. The highest BCUT2D eigenvalue weighted by molar-refractivity contribution is 14.2. The summed E-state index contributed by atoms with van der Waals surface area (Å²) >= 11 is 2.20. The Morgan fingerprint density at radius 3 is 2.81 bits per heavy atom. The Labute approximate surface area is 139 Å². The average Bonchev–Trinajstić information content (AvgIpc) is 2.85. The van der Waals surface area contributed by atoms with Crippen molar-refractivity contribution in [2.45, 2.75) is 20.0 Å². The number of cyclic esters (lactones) is 1. The molecule has 116 valence electrons. The van der Waals surface area contributed by atoms with Gasteiger partial charge in [0.1, 0.15) is 23.7 Å². The molecule has 1 heterocycles. The van der Waals surface area contributed by atoms with Gasteiger partial charge in [0.05, 0.1) is 13.7 Å². The Bertz CT molecular complexity index is 547. The first-order valence-corrected chi connectivity index (χ1v) is 10.0. The van der Waals surface area contributed by atoms with E-state index < -0.39 is 0 Å². The van der Waals surface area contributed by atoms with E-state index in [4.69, 9.17) is 14.2 Å². The van der Waals surface area contributed by atoms with Gasteiger partial charge in [0.15, 0.2) is 0 Å². The third kappa shape index (κ3) is 3.24. The molecule has 5 nitrogen and oxygen atoms in total. The smallest absolute Gasteiger partial charge is 0.342 e. The first-order valence-electron chi connectivity index (χ1n) is 6.52. The van der Waals surface area contributed by atoms with Crippen molar-refractivity contribution in [1.29, 1.82) is 0 Å². The van der Waals surface area contributed by atoms with E-state index in [-0.39, 0.29) is 19.2 Å². The predicted octanol–water partition coefficient (Wildman–Crippen LogP) is 2.67. The molecule has 0 aromatic heterocycles. The Morgan fingerprint density at radius 1 is 1.43 bits per heavy atom. The van der Waals surface area contributed by atoms with Crippen molar-refractivity contribution in [3.63, 3.8) is 0 Å². The lowest BCUT2D eigenvalue weighted by Gasteiger charge is -2.19. The van der Waals surface area contributed by atoms with Crippen molar-refractivity contribution >= 4 is 36.1 Å². The molecule has 0 amide bonds. The number of benzene rings is 1. The molecule has 1 aromatic carbocycles. The zero-order chi connectivity index (χ0) is 15.4. The van der Waals surface area contributed by atoms with E-state index in [2.05, 4.69) is 21.2 Å². The summed E-state index contributed by atoms with van der Waals surface area (Å²) in [6, 6.07) is 0. The van der Waals surface area contributed by atoms with Gasteiger partial charge in [-0.1, -0.05) is 8.93 Å². The van der Waals surface area contributed by atoms with Gasteiger partial charge in [0, 0.05) is 29.9 Å². The molecule has 0 fully saturated rings. The van der Waals surface area contributed by atoms with Crippen LogP contribution in [-0.4, -0.2) is 37.2 Å². The maximum absolute atomic E-state index is 12.0. The van der Waals surface area contributed by atoms with E-state index in [1.54, 1.807) is 16.0 Å². The number of fused-ring (bicyclic) bond motifs is 1. The molecule has 1 aliphatic rings. The molecule has 0 atom stereocenters. The van der Waals surface area contributed by atoms with Crippen molar-refractivity contribution in [3.8, 4) is 11.5 Å². The van der Waals surface area contributed by atoms with Gasteiger partial charge in [-0.15, -0.1) is 0 Å². The van der Waals surface area contributed by atoms with Gasteiger partial charge in [-0.05, 0) is 33.7 Å². The Balaban J connectivity index is 2.56. The summed E-state index contributed by atoms with van der Waals surface area (Å²) in [5.74, 6) is 1.60. The van der Waals surface area contributed by atoms with Crippen LogP contribution < -0.4 is 9.47 Å². The maximum Gasteiger partial charge on any atom is 0.342 e. The standard InChI is InChI=1S/C14H17IO5S/c1-8-10-7-20-14(17)11(10)13(19-5-6-21-15)9(3-4-16)12(8)18-2/h16H,3-7H2,1-2H3. The fourth-order valence-corrected chi connectivity index (χ4v) is 3.18. The van der Waals surface area contributed by atoms with Gasteiger partial charge in [-0.2, -0.15) is 0 Å². The van der Waals surface area contributed by atoms with E-state index in [1.807, 2.05) is 6.92 Å². The van der Waals surface area contributed by atoms with Gasteiger partial charge in [0.2, 0.25) is 0 Å². The molecule has 0 aliphatic carbocycles. The van der Waals surface area contributed by atoms with Gasteiger partial charge in [0.25, 0.3) is 0 Å². The molecule has 2 rings (SSSR count). The number of carbonyl (C=O) groups is 1. The topological polar surface area (TPSA) is 65.0 Å². The van der Waals surface area contributed by atoms with Crippen LogP contribution in [0.15, 0.2) is 0 Å². The van der Waals surface area contributed by atoms with Crippen LogP contribution in [0.4, 0.5) is 0 Å². The second-order valence-corrected chi connectivity index (χ2v) is 7.03. The molecule has 1 aromatic rings. The second-order valence-electron chi connectivity index (χ2n) is 4.53. The van der Waals surface area contributed by atoms with Crippen LogP contribution in [0.1, 0.15) is 27.0 Å². The zero-order valence-electron chi connectivity index (χ0n) is 11.9. The number of methoxy groups -OCH3 is 1. The summed E-state index contributed by atoms with van der Waals surface area (Å²) in [6.07, 6.45) is 0.372. The SMILES string of the molecule is COc1c(C)c2c(c(OCCSI)c1CCO)C(=O)OC2. The van der Waals surface area contributed by atoms with Crippen LogP contribution in [0.3, 0.4) is 0 Å². The highest BCUT2D eigenvalue weighted by Gasteiger charge is 2.33. The minimum absolute atomic E-state index is 0.0406. The minimum Gasteiger partial charge on any atom is -0.496 e. The number of ether oxygens (including phenoxy) is 3. The lowest BCUT2D eigenvalue weighted by molar-refractivity contribution is 0.0532. The number of esters is 1. The molecule has 0 radical (unpaired) electrons. The summed E-state index contributed by atoms with van der Waals surface area (Å²) < 4.78 is 16.4. The van der Waals surface area contributed by atoms with E-state index in [1.165, 1.54) is 0 Å². The minimum atomic E-state index is -0.368. The van der Waals surface area contributed by atoms with E-state index in [9.17, 15) is 9.90 Å². The predicted molar refractivity (Wildman–Crippen MR) is 89.6 cm³/mol. The molecule has 21 heavy (non-hydrogen) atoms. The van der Waals surface area contributed by atoms with Crippen LogP contribution in [0.2, 0.25) is 0 Å². The molecule has 0 unspecified atom stereocenters. The summed E-state index contributed by atoms with van der Waals surface area (Å²) in [4.78, 5) is 12.0. The highest BCUT2D eigenvalue weighted by Crippen LogP contribution is 2.42. The van der Waals surface area contributed by atoms with Crippen LogP contribution in [0.25, 0.3) is 0 Å². The van der Waals surface area contributed by atoms with Crippen LogP contribution in [0, 0.1) is 6.92 Å². The van der Waals surface area contributed by atoms with Crippen molar-refractivity contribution < 1.29 is 24.1 Å². The Kier molecular flexibility index (Phi) is 6.00. The lowest BCUT2D eigenvalue weighted by Crippen LogP contribution is -2.11. The molecule has 7 heteroatoms. The molecule has 0 saturated heterocycles. The fraction of sp³-hybridized carbons (Fsp3) is 0.500. The summed E-state index contributed by atoms with van der Waals surface area (Å²) in [6.45, 7) is 2.58. The number of rotatable bonds is 7. The molecular weight excluding hydrogens is 407 g/mol. The first-order chi connectivity index (χ1) is 10.2. The summed E-state index contributed by atoms with van der Waals surface area (Å²) in [5.41, 5.74) is 2.90. The van der Waals surface area contributed by atoms with Gasteiger partial charge in [-0.3, -0.25) is 0 Å². The normalized spacial score (nSPS) is 13.0. The number of carbonyl (C=O) groups excluding carboxylic acids is 1. The number of hydrogen-bond acceptors (Lipinski definition) is 6. The van der Waals surface area contributed by atoms with Crippen LogP contribution in [0.5, 0.6) is 11.5 Å². The van der Waals surface area contributed by atoms with E-state index >= 15 is 0 Å². The quantitative estimate of drug-likeness (QED) is 0.413. The third-order valence-corrected chi connectivity index (χ3v) is 5.04. The Hall–Kier alpha value is -0.670. The van der Waals surface area contributed by atoms with E-state index in [0.717, 1.165) is 22.4 Å². The summed E-state index contributed by atoms with van der Waals surface area (Å²) in [5, 5.41) is 9.31. The maximum atomic E-state index is 12.0. The summed E-state index contributed by atoms with van der Waals surface area (Å²) in [7, 11) is 3.22. The van der Waals surface area contributed by atoms with Crippen LogP contribution in [-0.2, 0) is 17.8 Å². The lowest BCUT2D eigenvalue weighted by atomic mass is 9.95. The fourth-order valence-electron chi connectivity index (χ4n) is 2.50. The second kappa shape index (κ2) is 7.55. The molecule has 0 spiro atoms. The van der Waals surface area contributed by atoms with Gasteiger partial charge < -0.3 is 19.3 Å². The largest absolute Gasteiger partial charge is 0.496 e. The highest BCUT2D eigenvalue weighted by atomic mass is 127. The first kappa shape index (κ1) is 16.7. The van der Waals surface area contributed by atoms with Crippen LogP contribution >= 0.6 is 30.1 Å². The van der Waals surface area contributed by atoms with Crippen molar-refractivity contribution in [1.82, 2.24) is 0 Å². The number of aliphatic hydroxyl groups excluding tert-OH is 1.